The number of nitrogens with one attached hydrogen (secondary N) is 2. The van der Waals surface area contributed by atoms with E-state index in [0.717, 1.165) is 29.8 Å². The smallest absolute Gasteiger partial charge is 0.191 e. The van der Waals surface area contributed by atoms with Crippen LogP contribution >= 0.6 is 47.1 Å². The number of halogens is 1. The molecule has 27 heavy (non-hydrogen) atoms. The molecule has 1 aromatic heterocycles. The van der Waals surface area contributed by atoms with Gasteiger partial charge < -0.3 is 10.6 Å². The highest BCUT2D eigenvalue weighted by Crippen LogP contribution is 2.34. The molecule has 0 aromatic carbocycles. The second-order valence-electron chi connectivity index (χ2n) is 7.41. The first-order chi connectivity index (χ1) is 12.6. The molecule has 0 atom stereocenters. The predicted molar refractivity (Wildman–Crippen MR) is 130 cm³/mol. The van der Waals surface area contributed by atoms with Gasteiger partial charge in [0.05, 0.1) is 17.2 Å². The molecule has 2 heterocycles. The number of rotatable bonds is 5. The summed E-state index contributed by atoms with van der Waals surface area (Å²) >= 11 is 3.86. The fourth-order valence-corrected chi connectivity index (χ4v) is 6.00. The lowest BCUT2D eigenvalue weighted by Gasteiger charge is -2.48. The van der Waals surface area contributed by atoms with Crippen LogP contribution in [0.2, 0.25) is 0 Å². The van der Waals surface area contributed by atoms with Crippen molar-refractivity contribution in [2.24, 2.45) is 4.99 Å². The van der Waals surface area contributed by atoms with Crippen molar-refractivity contribution >= 4 is 53.0 Å². The first-order valence-corrected chi connectivity index (χ1v) is 11.8. The summed E-state index contributed by atoms with van der Waals surface area (Å²) < 4.78 is 0. The number of hydrogen-bond donors (Lipinski definition) is 2. The number of thioether (sulfide) groups is 1. The Labute approximate surface area is 189 Å². The molecule has 0 spiro atoms. The van der Waals surface area contributed by atoms with Gasteiger partial charge in [0, 0.05) is 48.6 Å². The maximum absolute atomic E-state index is 4.52. The van der Waals surface area contributed by atoms with E-state index in [1.807, 2.05) is 7.05 Å². The van der Waals surface area contributed by atoms with Crippen LogP contribution in [-0.4, -0.2) is 59.6 Å². The van der Waals surface area contributed by atoms with Crippen molar-refractivity contribution in [3.63, 3.8) is 0 Å². The van der Waals surface area contributed by atoms with Crippen LogP contribution in [0.15, 0.2) is 4.99 Å². The largest absolute Gasteiger partial charge is 0.355 e. The summed E-state index contributed by atoms with van der Waals surface area (Å²) in [6.45, 7) is 8.41. The molecule has 1 aromatic rings. The third-order valence-electron chi connectivity index (χ3n) is 5.69. The molecule has 1 aliphatic heterocycles. The maximum atomic E-state index is 4.52. The molecule has 2 aliphatic rings. The highest BCUT2D eigenvalue weighted by atomic mass is 127. The van der Waals surface area contributed by atoms with Crippen molar-refractivity contribution in [1.82, 2.24) is 20.5 Å². The highest BCUT2D eigenvalue weighted by Gasteiger charge is 2.38. The summed E-state index contributed by atoms with van der Waals surface area (Å²) in [4.78, 5) is 13.0. The van der Waals surface area contributed by atoms with Crippen molar-refractivity contribution in [3.8, 4) is 0 Å². The van der Waals surface area contributed by atoms with E-state index in [4.69, 9.17) is 0 Å². The van der Waals surface area contributed by atoms with E-state index in [-0.39, 0.29) is 24.0 Å². The van der Waals surface area contributed by atoms with Crippen molar-refractivity contribution in [1.29, 1.82) is 0 Å². The first-order valence-electron chi connectivity index (χ1n) is 9.83. The molecule has 5 nitrogen and oxygen atoms in total. The maximum Gasteiger partial charge on any atom is 0.191 e. The summed E-state index contributed by atoms with van der Waals surface area (Å²) in [5.74, 6) is 3.46. The summed E-state index contributed by atoms with van der Waals surface area (Å²) in [5.41, 5.74) is 1.44. The summed E-state index contributed by atoms with van der Waals surface area (Å²) in [5, 5.41) is 8.27. The lowest BCUT2D eigenvalue weighted by Crippen LogP contribution is -2.59. The number of guanidine groups is 1. The van der Waals surface area contributed by atoms with Crippen molar-refractivity contribution in [3.05, 3.63) is 15.6 Å². The van der Waals surface area contributed by atoms with E-state index in [1.54, 1.807) is 11.3 Å². The SMILES string of the molecule is CN=C(NCc1sc(C)nc1C)NCC1(N2CCSCC2)CCCCC1.I. The van der Waals surface area contributed by atoms with Gasteiger partial charge in [-0.05, 0) is 26.7 Å². The van der Waals surface area contributed by atoms with Gasteiger partial charge >= 0.3 is 0 Å². The van der Waals surface area contributed by atoms with Crippen LogP contribution in [0.5, 0.6) is 0 Å². The summed E-state index contributed by atoms with van der Waals surface area (Å²) in [6, 6.07) is 0. The first kappa shape index (κ1) is 23.2. The summed E-state index contributed by atoms with van der Waals surface area (Å²) in [7, 11) is 1.87. The molecule has 0 radical (unpaired) electrons. The second kappa shape index (κ2) is 11.2. The van der Waals surface area contributed by atoms with Crippen LogP contribution in [0.1, 0.15) is 47.7 Å². The normalized spacial score (nSPS) is 20.8. The number of aryl methyl sites for hydroxylation is 2. The van der Waals surface area contributed by atoms with Crippen molar-refractivity contribution < 1.29 is 0 Å². The van der Waals surface area contributed by atoms with Gasteiger partial charge in [-0.1, -0.05) is 19.3 Å². The van der Waals surface area contributed by atoms with Crippen molar-refractivity contribution in [2.75, 3.05) is 38.2 Å². The molecule has 0 bridgehead atoms. The number of nitrogens with zero attached hydrogens (tertiary/aromatic N) is 3. The molecule has 154 valence electrons. The lowest BCUT2D eigenvalue weighted by atomic mass is 9.80. The van der Waals surface area contributed by atoms with Crippen LogP contribution in [0.4, 0.5) is 0 Å². The van der Waals surface area contributed by atoms with Gasteiger partial charge in [0.2, 0.25) is 0 Å². The minimum absolute atomic E-state index is 0. The lowest BCUT2D eigenvalue weighted by molar-refractivity contribution is 0.0626. The van der Waals surface area contributed by atoms with Gasteiger partial charge in [-0.15, -0.1) is 35.3 Å². The molecule has 8 heteroatoms. The van der Waals surface area contributed by atoms with Crippen LogP contribution in [0.3, 0.4) is 0 Å². The van der Waals surface area contributed by atoms with E-state index < -0.39 is 0 Å². The molecule has 2 fully saturated rings. The minimum atomic E-state index is 0. The van der Waals surface area contributed by atoms with Gasteiger partial charge in [0.15, 0.2) is 5.96 Å². The quantitative estimate of drug-likeness (QED) is 0.350. The molecule has 1 saturated carbocycles. The Bertz CT molecular complexity index is 607. The minimum Gasteiger partial charge on any atom is -0.355 e. The predicted octanol–water partition coefficient (Wildman–Crippen LogP) is 3.79. The topological polar surface area (TPSA) is 52.6 Å². The molecule has 3 rings (SSSR count). The Hall–Kier alpha value is -0.0600. The molecular weight excluding hydrogens is 489 g/mol. The van der Waals surface area contributed by atoms with E-state index in [1.165, 1.54) is 61.6 Å². The van der Waals surface area contributed by atoms with Gasteiger partial charge in [-0.25, -0.2) is 4.98 Å². The van der Waals surface area contributed by atoms with Gasteiger partial charge in [0.25, 0.3) is 0 Å². The average molecular weight is 524 g/mol. The third-order valence-corrected chi connectivity index (χ3v) is 7.71. The second-order valence-corrected chi connectivity index (χ2v) is 9.92. The Morgan fingerprint density at radius 3 is 2.44 bits per heavy atom. The third kappa shape index (κ3) is 6.21. The molecular formula is C19H34IN5S2. The van der Waals surface area contributed by atoms with Crippen LogP contribution in [-0.2, 0) is 6.54 Å². The Morgan fingerprint density at radius 1 is 1.15 bits per heavy atom. The number of hydrogen-bond acceptors (Lipinski definition) is 5. The Balaban J connectivity index is 0.00000261. The van der Waals surface area contributed by atoms with Crippen LogP contribution in [0, 0.1) is 13.8 Å². The van der Waals surface area contributed by atoms with E-state index >= 15 is 0 Å². The van der Waals surface area contributed by atoms with E-state index in [9.17, 15) is 0 Å². The Kier molecular flexibility index (Phi) is 9.64. The average Bonchev–Trinajstić information content (AvgIpc) is 3.00. The number of aromatic nitrogens is 1. The highest BCUT2D eigenvalue weighted by molar-refractivity contribution is 14.0. The van der Waals surface area contributed by atoms with E-state index in [0.29, 0.717) is 5.54 Å². The molecule has 0 amide bonds. The molecule has 2 N–H and O–H groups in total. The van der Waals surface area contributed by atoms with E-state index in [2.05, 4.69) is 51.1 Å². The molecule has 1 aliphatic carbocycles. The zero-order valence-electron chi connectivity index (χ0n) is 16.8. The fraction of sp³-hybridized carbons (Fsp3) is 0.789. The standard InChI is InChI=1S/C19H33N5S2.HI/c1-15-17(26-16(2)23-15)13-21-18(20-3)22-14-19(7-5-4-6-8-19)24-9-11-25-12-10-24;/h4-14H2,1-3H3,(H2,20,21,22);1H. The van der Waals surface area contributed by atoms with Gasteiger partial charge in [-0.2, -0.15) is 11.8 Å². The summed E-state index contributed by atoms with van der Waals surface area (Å²) in [6.07, 6.45) is 6.73. The fourth-order valence-electron chi connectivity index (χ4n) is 4.22. The Morgan fingerprint density at radius 2 is 1.85 bits per heavy atom. The number of aliphatic imine (C=N–C) groups is 1. The van der Waals surface area contributed by atoms with Crippen LogP contribution in [0.25, 0.3) is 0 Å². The van der Waals surface area contributed by atoms with Gasteiger partial charge in [0.1, 0.15) is 0 Å². The van der Waals surface area contributed by atoms with Gasteiger partial charge in [-0.3, -0.25) is 9.89 Å². The van der Waals surface area contributed by atoms with Crippen LogP contribution < -0.4 is 10.6 Å². The molecule has 0 unspecified atom stereocenters. The van der Waals surface area contributed by atoms with Crippen molar-refractivity contribution in [2.45, 2.75) is 58.0 Å². The number of thiazole rings is 1. The zero-order chi connectivity index (χ0) is 18.4. The monoisotopic (exact) mass is 523 g/mol. The zero-order valence-corrected chi connectivity index (χ0v) is 20.8. The molecule has 1 saturated heterocycles.